The summed E-state index contributed by atoms with van der Waals surface area (Å²) in [7, 11) is 0. The molecule has 1 aromatic rings. The zero-order chi connectivity index (χ0) is 14.0. The van der Waals surface area contributed by atoms with E-state index in [9.17, 15) is 4.79 Å². The third kappa shape index (κ3) is 2.33. The van der Waals surface area contributed by atoms with Crippen LogP contribution in [0.4, 0.5) is 5.69 Å². The van der Waals surface area contributed by atoms with Gasteiger partial charge in [0.25, 0.3) is 0 Å². The van der Waals surface area contributed by atoms with Gasteiger partial charge in [-0.1, -0.05) is 13.3 Å². The molecule has 5 nitrogen and oxygen atoms in total. The molecule has 1 unspecified atom stereocenters. The van der Waals surface area contributed by atoms with Gasteiger partial charge in [0.05, 0.1) is 5.54 Å². The van der Waals surface area contributed by atoms with E-state index in [4.69, 9.17) is 9.47 Å². The average molecular weight is 276 g/mol. The monoisotopic (exact) mass is 276 g/mol. The van der Waals surface area contributed by atoms with Crippen LogP contribution in [0.3, 0.4) is 0 Å². The number of fused-ring (bicyclic) bond motifs is 1. The van der Waals surface area contributed by atoms with Crippen molar-refractivity contribution in [2.24, 2.45) is 0 Å². The highest BCUT2D eigenvalue weighted by atomic mass is 16.7. The van der Waals surface area contributed by atoms with E-state index in [-0.39, 0.29) is 12.7 Å². The van der Waals surface area contributed by atoms with Crippen LogP contribution in [0, 0.1) is 0 Å². The lowest BCUT2D eigenvalue weighted by Gasteiger charge is -2.27. The first-order valence-electron chi connectivity index (χ1n) is 7.20. The fourth-order valence-corrected chi connectivity index (χ4v) is 2.98. The van der Waals surface area contributed by atoms with Gasteiger partial charge in [-0.3, -0.25) is 4.79 Å². The summed E-state index contributed by atoms with van der Waals surface area (Å²) in [5, 5.41) is 6.38. The lowest BCUT2D eigenvalue weighted by Crippen LogP contribution is -2.50. The van der Waals surface area contributed by atoms with Crippen molar-refractivity contribution in [3.05, 3.63) is 18.2 Å². The van der Waals surface area contributed by atoms with E-state index in [1.54, 1.807) is 0 Å². The topological polar surface area (TPSA) is 59.6 Å². The summed E-state index contributed by atoms with van der Waals surface area (Å²) < 4.78 is 10.6. The highest BCUT2D eigenvalue weighted by molar-refractivity contribution is 5.98. The highest BCUT2D eigenvalue weighted by Gasteiger charge is 2.39. The molecule has 1 atom stereocenters. The van der Waals surface area contributed by atoms with Gasteiger partial charge in [-0.2, -0.15) is 0 Å². The summed E-state index contributed by atoms with van der Waals surface area (Å²) in [6.45, 7) is 3.26. The molecule has 1 fully saturated rings. The number of rotatable bonds is 4. The van der Waals surface area contributed by atoms with Gasteiger partial charge in [0, 0.05) is 11.8 Å². The molecule has 0 spiro atoms. The molecule has 0 aromatic heterocycles. The molecular formula is C15H20N2O3. The van der Waals surface area contributed by atoms with Crippen molar-refractivity contribution in [2.45, 2.75) is 38.1 Å². The summed E-state index contributed by atoms with van der Waals surface area (Å²) in [6, 6.07) is 5.49. The Bertz CT molecular complexity index is 510. The molecule has 0 saturated carbocycles. The number of carbonyl (C=O) groups excluding carboxylic acids is 1. The van der Waals surface area contributed by atoms with Gasteiger partial charge in [-0.15, -0.1) is 0 Å². The molecule has 0 radical (unpaired) electrons. The molecule has 0 aliphatic carbocycles. The van der Waals surface area contributed by atoms with Gasteiger partial charge in [-0.05, 0) is 37.9 Å². The van der Waals surface area contributed by atoms with Crippen LogP contribution in [0.5, 0.6) is 11.5 Å². The van der Waals surface area contributed by atoms with Crippen molar-refractivity contribution in [3.8, 4) is 11.5 Å². The largest absolute Gasteiger partial charge is 0.454 e. The zero-order valence-corrected chi connectivity index (χ0v) is 11.7. The van der Waals surface area contributed by atoms with Gasteiger partial charge in [0.15, 0.2) is 11.5 Å². The number of anilines is 1. The van der Waals surface area contributed by atoms with Gasteiger partial charge in [0.1, 0.15) is 0 Å². The van der Waals surface area contributed by atoms with Gasteiger partial charge < -0.3 is 20.1 Å². The Morgan fingerprint density at radius 1 is 1.40 bits per heavy atom. The van der Waals surface area contributed by atoms with E-state index in [0.717, 1.165) is 43.7 Å². The van der Waals surface area contributed by atoms with Crippen LogP contribution < -0.4 is 20.1 Å². The minimum Gasteiger partial charge on any atom is -0.454 e. The lowest BCUT2D eigenvalue weighted by atomic mass is 9.91. The fourth-order valence-electron chi connectivity index (χ4n) is 2.98. The molecule has 1 aromatic carbocycles. The first-order chi connectivity index (χ1) is 9.73. The Morgan fingerprint density at radius 2 is 2.25 bits per heavy atom. The van der Waals surface area contributed by atoms with Crippen LogP contribution in [-0.4, -0.2) is 24.8 Å². The molecule has 2 heterocycles. The van der Waals surface area contributed by atoms with Crippen LogP contribution in [0.1, 0.15) is 32.6 Å². The fraction of sp³-hybridized carbons (Fsp3) is 0.533. The minimum atomic E-state index is -0.412. The Kier molecular flexibility index (Phi) is 3.53. The number of nitrogens with one attached hydrogen (secondary N) is 2. The summed E-state index contributed by atoms with van der Waals surface area (Å²) >= 11 is 0. The predicted octanol–water partition coefficient (Wildman–Crippen LogP) is 2.28. The SMILES string of the molecule is CCCC1(C(=O)Nc2ccc3c(c2)OCO3)CCCN1. The van der Waals surface area contributed by atoms with E-state index in [1.165, 1.54) is 0 Å². The van der Waals surface area contributed by atoms with Gasteiger partial charge in [0.2, 0.25) is 12.7 Å². The van der Waals surface area contributed by atoms with Crippen LogP contribution in [0.15, 0.2) is 18.2 Å². The van der Waals surface area contributed by atoms with Crippen LogP contribution in [0.25, 0.3) is 0 Å². The third-order valence-electron chi connectivity index (χ3n) is 3.99. The molecule has 3 rings (SSSR count). The molecule has 1 saturated heterocycles. The number of amides is 1. The number of ether oxygens (including phenoxy) is 2. The summed E-state index contributed by atoms with van der Waals surface area (Å²) in [6.07, 6.45) is 3.80. The molecular weight excluding hydrogens is 256 g/mol. The molecule has 2 aliphatic rings. The van der Waals surface area contributed by atoms with Crippen LogP contribution in [-0.2, 0) is 4.79 Å². The standard InChI is InChI=1S/C15H20N2O3/c1-2-6-15(7-3-8-16-15)14(18)17-11-4-5-12-13(9-11)20-10-19-12/h4-5,9,16H,2-3,6-8,10H2,1H3,(H,17,18). The third-order valence-corrected chi connectivity index (χ3v) is 3.99. The number of hydrogen-bond donors (Lipinski definition) is 2. The van der Waals surface area contributed by atoms with Gasteiger partial charge >= 0.3 is 0 Å². The van der Waals surface area contributed by atoms with E-state index in [1.807, 2.05) is 18.2 Å². The predicted molar refractivity (Wildman–Crippen MR) is 76.1 cm³/mol. The van der Waals surface area contributed by atoms with E-state index in [2.05, 4.69) is 17.6 Å². The number of benzene rings is 1. The zero-order valence-electron chi connectivity index (χ0n) is 11.7. The summed E-state index contributed by atoms with van der Waals surface area (Å²) in [4.78, 5) is 12.6. The molecule has 108 valence electrons. The van der Waals surface area contributed by atoms with E-state index >= 15 is 0 Å². The molecule has 1 amide bonds. The summed E-state index contributed by atoms with van der Waals surface area (Å²) in [5.74, 6) is 1.47. The maximum atomic E-state index is 12.6. The second kappa shape index (κ2) is 5.32. The Hall–Kier alpha value is -1.75. The van der Waals surface area contributed by atoms with Crippen molar-refractivity contribution in [3.63, 3.8) is 0 Å². The highest BCUT2D eigenvalue weighted by Crippen LogP contribution is 2.35. The Morgan fingerprint density at radius 3 is 3.00 bits per heavy atom. The van der Waals surface area contributed by atoms with Gasteiger partial charge in [-0.25, -0.2) is 0 Å². The second-order valence-corrected chi connectivity index (χ2v) is 5.38. The minimum absolute atomic E-state index is 0.0516. The van der Waals surface area contributed by atoms with Crippen LogP contribution >= 0.6 is 0 Å². The van der Waals surface area contributed by atoms with Crippen LogP contribution in [0.2, 0.25) is 0 Å². The number of carbonyl (C=O) groups is 1. The molecule has 2 aliphatic heterocycles. The second-order valence-electron chi connectivity index (χ2n) is 5.38. The average Bonchev–Trinajstić information content (AvgIpc) is 3.08. The first kappa shape index (κ1) is 13.2. The Balaban J connectivity index is 1.74. The van der Waals surface area contributed by atoms with Crippen molar-refractivity contribution in [1.29, 1.82) is 0 Å². The molecule has 20 heavy (non-hydrogen) atoms. The summed E-state index contributed by atoms with van der Waals surface area (Å²) in [5.41, 5.74) is 0.342. The maximum absolute atomic E-state index is 12.6. The normalized spacial score (nSPS) is 23.9. The quantitative estimate of drug-likeness (QED) is 0.885. The molecule has 2 N–H and O–H groups in total. The lowest BCUT2D eigenvalue weighted by molar-refractivity contribution is -0.122. The van der Waals surface area contributed by atoms with Crippen molar-refractivity contribution >= 4 is 11.6 Å². The van der Waals surface area contributed by atoms with Crippen molar-refractivity contribution in [2.75, 3.05) is 18.7 Å². The smallest absolute Gasteiger partial charge is 0.244 e. The van der Waals surface area contributed by atoms with E-state index in [0.29, 0.717) is 5.75 Å². The maximum Gasteiger partial charge on any atom is 0.244 e. The van der Waals surface area contributed by atoms with Crippen molar-refractivity contribution < 1.29 is 14.3 Å². The van der Waals surface area contributed by atoms with E-state index < -0.39 is 5.54 Å². The van der Waals surface area contributed by atoms with Crippen molar-refractivity contribution in [1.82, 2.24) is 5.32 Å². The first-order valence-corrected chi connectivity index (χ1v) is 7.20. The number of hydrogen-bond acceptors (Lipinski definition) is 4. The molecule has 5 heteroatoms. The molecule has 0 bridgehead atoms. The Labute approximate surface area is 118 Å².